The van der Waals surface area contributed by atoms with Gasteiger partial charge in [-0.2, -0.15) is 0 Å². The molecule has 0 saturated heterocycles. The molecule has 0 amide bonds. The van der Waals surface area contributed by atoms with E-state index in [1.807, 2.05) is 12.1 Å². The largest absolute Gasteiger partial charge is 0.497 e. The molecule has 1 unspecified atom stereocenters. The van der Waals surface area contributed by atoms with Crippen molar-refractivity contribution in [1.82, 2.24) is 9.55 Å². The second-order valence-corrected chi connectivity index (χ2v) is 5.56. The van der Waals surface area contributed by atoms with Crippen molar-refractivity contribution < 1.29 is 4.74 Å². The second kappa shape index (κ2) is 6.98. The number of ether oxygens (including phenoxy) is 1. The van der Waals surface area contributed by atoms with Crippen LogP contribution < -0.4 is 4.74 Å². The van der Waals surface area contributed by atoms with Crippen LogP contribution in [0.2, 0.25) is 0 Å². The summed E-state index contributed by atoms with van der Waals surface area (Å²) in [4.78, 5) is 4.73. The van der Waals surface area contributed by atoms with Crippen molar-refractivity contribution in [2.45, 2.75) is 45.6 Å². The van der Waals surface area contributed by atoms with Gasteiger partial charge in [0.1, 0.15) is 11.6 Å². The second-order valence-electron chi connectivity index (χ2n) is 5.18. The van der Waals surface area contributed by atoms with Crippen LogP contribution >= 0.6 is 11.6 Å². The molecule has 0 aliphatic carbocycles. The summed E-state index contributed by atoms with van der Waals surface area (Å²) in [5, 5.41) is 0. The number of imidazole rings is 1. The van der Waals surface area contributed by atoms with Gasteiger partial charge in [-0.05, 0) is 25.5 Å². The Morgan fingerprint density at radius 2 is 2.20 bits per heavy atom. The summed E-state index contributed by atoms with van der Waals surface area (Å²) in [7, 11) is 1.70. The Balaban J connectivity index is 2.47. The zero-order valence-electron chi connectivity index (χ0n) is 12.5. The quantitative estimate of drug-likeness (QED) is 0.699. The lowest BCUT2D eigenvalue weighted by Gasteiger charge is -2.17. The number of fused-ring (bicyclic) bond motifs is 1. The third kappa shape index (κ3) is 3.09. The molecule has 0 aliphatic rings. The zero-order valence-corrected chi connectivity index (χ0v) is 13.3. The van der Waals surface area contributed by atoms with Crippen molar-refractivity contribution in [2.24, 2.45) is 0 Å². The molecule has 4 heteroatoms. The smallest absolute Gasteiger partial charge is 0.121 e. The average molecular weight is 295 g/mol. The first-order valence-corrected chi connectivity index (χ1v) is 7.85. The third-order valence-corrected chi connectivity index (χ3v) is 3.89. The van der Waals surface area contributed by atoms with E-state index in [1.165, 1.54) is 12.8 Å². The van der Waals surface area contributed by atoms with Gasteiger partial charge >= 0.3 is 0 Å². The highest BCUT2D eigenvalue weighted by molar-refractivity contribution is 6.17. The molecule has 0 saturated carbocycles. The van der Waals surface area contributed by atoms with Crippen LogP contribution in [0.15, 0.2) is 18.2 Å². The summed E-state index contributed by atoms with van der Waals surface area (Å²) in [6, 6.07) is 6.49. The van der Waals surface area contributed by atoms with Crippen LogP contribution in [0.25, 0.3) is 11.0 Å². The fourth-order valence-corrected chi connectivity index (χ4v) is 2.80. The number of aryl methyl sites for hydroxylation is 1. The van der Waals surface area contributed by atoms with E-state index in [2.05, 4.69) is 24.5 Å². The Bertz CT molecular complexity index is 565. The molecule has 3 nitrogen and oxygen atoms in total. The van der Waals surface area contributed by atoms with Crippen LogP contribution in [0.3, 0.4) is 0 Å². The molecule has 1 heterocycles. The summed E-state index contributed by atoms with van der Waals surface area (Å²) in [5.41, 5.74) is 2.17. The molecule has 20 heavy (non-hydrogen) atoms. The minimum Gasteiger partial charge on any atom is -0.497 e. The minimum absolute atomic E-state index is 0.435. The molecule has 0 spiro atoms. The Morgan fingerprint density at radius 3 is 2.85 bits per heavy atom. The number of methoxy groups -OCH3 is 1. The van der Waals surface area contributed by atoms with E-state index in [-0.39, 0.29) is 0 Å². The van der Waals surface area contributed by atoms with Crippen LogP contribution in [0.5, 0.6) is 5.75 Å². The molecule has 0 bridgehead atoms. The van der Waals surface area contributed by atoms with Crippen LogP contribution in [-0.4, -0.2) is 22.5 Å². The van der Waals surface area contributed by atoms with Gasteiger partial charge in [-0.15, -0.1) is 11.6 Å². The van der Waals surface area contributed by atoms with Crippen molar-refractivity contribution in [3.63, 3.8) is 0 Å². The van der Waals surface area contributed by atoms with Gasteiger partial charge in [-0.1, -0.05) is 19.8 Å². The van der Waals surface area contributed by atoms with Gasteiger partial charge in [0, 0.05) is 24.4 Å². The summed E-state index contributed by atoms with van der Waals surface area (Å²) >= 11 is 5.93. The monoisotopic (exact) mass is 294 g/mol. The topological polar surface area (TPSA) is 27.1 Å². The lowest BCUT2D eigenvalue weighted by molar-refractivity contribution is 0.414. The highest BCUT2D eigenvalue weighted by Gasteiger charge is 2.15. The fraction of sp³-hybridized carbons (Fsp3) is 0.562. The fourth-order valence-electron chi connectivity index (χ4n) is 2.63. The van der Waals surface area contributed by atoms with E-state index >= 15 is 0 Å². The maximum absolute atomic E-state index is 5.93. The summed E-state index contributed by atoms with van der Waals surface area (Å²) < 4.78 is 7.67. The van der Waals surface area contributed by atoms with E-state index in [0.717, 1.165) is 35.4 Å². The standard InChI is InChI=1S/C16H23ClN2O/c1-4-5-6-12(2)19-15-11-13(20-3)7-8-14(15)18-16(19)9-10-17/h7-8,11-12H,4-6,9-10H2,1-3H3. The van der Waals surface area contributed by atoms with Crippen LogP contribution in [0, 0.1) is 0 Å². The highest BCUT2D eigenvalue weighted by atomic mass is 35.5. The molecule has 1 atom stereocenters. The molecule has 0 radical (unpaired) electrons. The van der Waals surface area contributed by atoms with Crippen molar-refractivity contribution in [2.75, 3.05) is 13.0 Å². The Morgan fingerprint density at radius 1 is 1.40 bits per heavy atom. The molecule has 0 aliphatic heterocycles. The number of alkyl halides is 1. The Labute approximate surface area is 125 Å². The highest BCUT2D eigenvalue weighted by Crippen LogP contribution is 2.27. The van der Waals surface area contributed by atoms with Crippen molar-refractivity contribution >= 4 is 22.6 Å². The molecular weight excluding hydrogens is 272 g/mol. The van der Waals surface area contributed by atoms with Crippen molar-refractivity contribution in [1.29, 1.82) is 0 Å². The predicted octanol–water partition coefficient (Wildman–Crippen LogP) is 4.58. The zero-order chi connectivity index (χ0) is 14.5. The summed E-state index contributed by atoms with van der Waals surface area (Å²) in [5.74, 6) is 2.55. The minimum atomic E-state index is 0.435. The number of halogens is 1. The van der Waals surface area contributed by atoms with E-state index in [4.69, 9.17) is 21.3 Å². The van der Waals surface area contributed by atoms with Crippen molar-refractivity contribution in [3.8, 4) is 5.75 Å². The molecular formula is C16H23ClN2O. The first-order chi connectivity index (χ1) is 9.71. The van der Waals surface area contributed by atoms with Gasteiger partial charge in [0.25, 0.3) is 0 Å². The van der Waals surface area contributed by atoms with Gasteiger partial charge in [0.2, 0.25) is 0 Å². The molecule has 0 fully saturated rings. The first kappa shape index (κ1) is 15.2. The van der Waals surface area contributed by atoms with E-state index in [0.29, 0.717) is 11.9 Å². The van der Waals surface area contributed by atoms with E-state index < -0.39 is 0 Å². The lowest BCUT2D eigenvalue weighted by Crippen LogP contribution is -2.10. The maximum Gasteiger partial charge on any atom is 0.121 e. The number of nitrogens with zero attached hydrogens (tertiary/aromatic N) is 2. The van der Waals surface area contributed by atoms with Crippen LogP contribution in [0.1, 0.15) is 45.0 Å². The number of aromatic nitrogens is 2. The normalized spacial score (nSPS) is 12.8. The van der Waals surface area contributed by atoms with Crippen LogP contribution in [-0.2, 0) is 6.42 Å². The number of hydrogen-bond donors (Lipinski definition) is 0. The SMILES string of the molecule is CCCCC(C)n1c(CCCl)nc2ccc(OC)cc21. The first-order valence-electron chi connectivity index (χ1n) is 7.32. The molecule has 2 rings (SSSR count). The number of unbranched alkanes of at least 4 members (excludes halogenated alkanes) is 1. The predicted molar refractivity (Wildman–Crippen MR) is 84.9 cm³/mol. The Hall–Kier alpha value is -1.22. The van der Waals surface area contributed by atoms with Gasteiger partial charge in [-0.3, -0.25) is 0 Å². The average Bonchev–Trinajstić information content (AvgIpc) is 2.82. The van der Waals surface area contributed by atoms with Gasteiger partial charge < -0.3 is 9.30 Å². The molecule has 0 N–H and O–H groups in total. The maximum atomic E-state index is 5.93. The molecule has 1 aromatic heterocycles. The number of rotatable bonds is 7. The third-order valence-electron chi connectivity index (χ3n) is 3.70. The number of hydrogen-bond acceptors (Lipinski definition) is 2. The van der Waals surface area contributed by atoms with Crippen molar-refractivity contribution in [3.05, 3.63) is 24.0 Å². The molecule has 1 aromatic carbocycles. The number of benzene rings is 1. The van der Waals surface area contributed by atoms with Crippen LogP contribution in [0.4, 0.5) is 0 Å². The Kier molecular flexibility index (Phi) is 5.30. The molecule has 2 aromatic rings. The lowest BCUT2D eigenvalue weighted by atomic mass is 10.1. The van der Waals surface area contributed by atoms with Gasteiger partial charge in [-0.25, -0.2) is 4.98 Å². The van der Waals surface area contributed by atoms with Gasteiger partial charge in [0.05, 0.1) is 18.1 Å². The van der Waals surface area contributed by atoms with Gasteiger partial charge in [0.15, 0.2) is 0 Å². The summed E-state index contributed by atoms with van der Waals surface area (Å²) in [6.07, 6.45) is 4.40. The van der Waals surface area contributed by atoms with E-state index in [1.54, 1.807) is 7.11 Å². The molecule has 110 valence electrons. The summed E-state index contributed by atoms with van der Waals surface area (Å²) in [6.45, 7) is 4.48. The van der Waals surface area contributed by atoms with E-state index in [9.17, 15) is 0 Å².